The topological polar surface area (TPSA) is 63.1 Å². The number of halogens is 1. The van der Waals surface area contributed by atoms with Crippen molar-refractivity contribution in [1.29, 1.82) is 0 Å². The third-order valence-electron chi connectivity index (χ3n) is 5.12. The molecular formula is C21H22ClN5O. The lowest BCUT2D eigenvalue weighted by Crippen LogP contribution is -2.31. The summed E-state index contributed by atoms with van der Waals surface area (Å²) in [6.45, 7) is 4.42. The van der Waals surface area contributed by atoms with E-state index in [1.807, 2.05) is 25.1 Å². The van der Waals surface area contributed by atoms with Crippen LogP contribution in [0.25, 0.3) is 5.69 Å². The van der Waals surface area contributed by atoms with Crippen LogP contribution in [0.3, 0.4) is 0 Å². The molecule has 1 N–H and O–H groups in total. The Morgan fingerprint density at radius 2 is 1.96 bits per heavy atom. The van der Waals surface area contributed by atoms with Crippen molar-refractivity contribution < 1.29 is 4.79 Å². The zero-order valence-corrected chi connectivity index (χ0v) is 16.4. The molecule has 2 heterocycles. The molecule has 4 rings (SSSR count). The summed E-state index contributed by atoms with van der Waals surface area (Å²) in [4.78, 5) is 15.0. The summed E-state index contributed by atoms with van der Waals surface area (Å²) in [7, 11) is 0. The van der Waals surface area contributed by atoms with Gasteiger partial charge in [0, 0.05) is 30.3 Å². The Bertz CT molecular complexity index is 972. The van der Waals surface area contributed by atoms with E-state index in [4.69, 9.17) is 11.6 Å². The number of hydrogen-bond donors (Lipinski definition) is 1. The third-order valence-corrected chi connectivity index (χ3v) is 5.36. The maximum Gasteiger partial charge on any atom is 0.273 e. The number of nitrogens with one attached hydrogen (secondary N) is 1. The monoisotopic (exact) mass is 395 g/mol. The van der Waals surface area contributed by atoms with Crippen molar-refractivity contribution >= 4 is 23.2 Å². The number of hydrogen-bond acceptors (Lipinski definition) is 4. The van der Waals surface area contributed by atoms with Gasteiger partial charge in [-0.2, -0.15) is 0 Å². The van der Waals surface area contributed by atoms with Gasteiger partial charge in [0.1, 0.15) is 0 Å². The van der Waals surface area contributed by atoms with Gasteiger partial charge in [0.05, 0.1) is 11.4 Å². The highest BCUT2D eigenvalue weighted by molar-refractivity contribution is 6.30. The van der Waals surface area contributed by atoms with Crippen molar-refractivity contribution in [2.24, 2.45) is 5.92 Å². The molecule has 0 saturated carbocycles. The molecule has 1 unspecified atom stereocenters. The minimum Gasteiger partial charge on any atom is -0.371 e. The molecule has 1 saturated heterocycles. The van der Waals surface area contributed by atoms with Crippen LogP contribution in [0.4, 0.5) is 5.69 Å². The first-order chi connectivity index (χ1) is 13.6. The van der Waals surface area contributed by atoms with Gasteiger partial charge in [0.15, 0.2) is 5.69 Å². The molecule has 1 atom stereocenters. The summed E-state index contributed by atoms with van der Waals surface area (Å²) in [5.41, 5.74) is 3.05. The van der Waals surface area contributed by atoms with Gasteiger partial charge in [-0.15, -0.1) is 5.10 Å². The van der Waals surface area contributed by atoms with Crippen molar-refractivity contribution in [3.8, 4) is 5.69 Å². The second kappa shape index (κ2) is 8.02. The molecule has 2 aromatic carbocycles. The van der Waals surface area contributed by atoms with Gasteiger partial charge in [-0.1, -0.05) is 41.1 Å². The zero-order chi connectivity index (χ0) is 19.5. The van der Waals surface area contributed by atoms with Crippen LogP contribution in [0.1, 0.15) is 22.6 Å². The number of rotatable bonds is 5. The average Bonchev–Trinajstić information content (AvgIpc) is 3.34. The number of nitrogens with zero attached hydrogens (tertiary/aromatic N) is 4. The van der Waals surface area contributed by atoms with Crippen LogP contribution in [0.15, 0.2) is 54.6 Å². The van der Waals surface area contributed by atoms with Crippen LogP contribution < -0.4 is 10.2 Å². The summed E-state index contributed by atoms with van der Waals surface area (Å²) < 4.78 is 1.63. The number of carbonyl (C=O) groups is 1. The van der Waals surface area contributed by atoms with E-state index < -0.39 is 0 Å². The highest BCUT2D eigenvalue weighted by atomic mass is 35.5. The number of anilines is 1. The predicted molar refractivity (Wildman–Crippen MR) is 110 cm³/mol. The van der Waals surface area contributed by atoms with Crippen molar-refractivity contribution in [2.75, 3.05) is 24.5 Å². The van der Waals surface area contributed by atoms with Gasteiger partial charge in [-0.05, 0) is 49.6 Å². The molecule has 1 aliphatic rings. The molecule has 0 aliphatic carbocycles. The molecule has 1 fully saturated rings. The molecule has 1 aliphatic heterocycles. The minimum atomic E-state index is -0.191. The molecule has 0 bridgehead atoms. The second-order valence-electron chi connectivity index (χ2n) is 7.06. The van der Waals surface area contributed by atoms with E-state index in [1.54, 1.807) is 16.8 Å². The van der Waals surface area contributed by atoms with Gasteiger partial charge in [-0.25, -0.2) is 4.68 Å². The van der Waals surface area contributed by atoms with Gasteiger partial charge < -0.3 is 10.2 Å². The minimum absolute atomic E-state index is 0.191. The predicted octanol–water partition coefficient (Wildman–Crippen LogP) is 3.49. The van der Waals surface area contributed by atoms with Crippen LogP contribution >= 0.6 is 11.6 Å². The SMILES string of the molecule is Cc1c(C(=O)NCC2CCN(c3ccccc3)C2)nnn1-c1cccc(Cl)c1. The largest absolute Gasteiger partial charge is 0.371 e. The van der Waals surface area contributed by atoms with E-state index >= 15 is 0 Å². The standard InChI is InChI=1S/C21H22ClN5O/c1-15-20(24-25-27(15)19-9-5-6-17(22)12-19)21(28)23-13-16-10-11-26(14-16)18-7-3-2-4-8-18/h2-9,12,16H,10-11,13-14H2,1H3,(H,23,28). The Hall–Kier alpha value is -2.86. The summed E-state index contributed by atoms with van der Waals surface area (Å²) in [6.07, 6.45) is 1.06. The summed E-state index contributed by atoms with van der Waals surface area (Å²) in [5, 5.41) is 11.8. The smallest absolute Gasteiger partial charge is 0.273 e. The lowest BCUT2D eigenvalue weighted by atomic mass is 10.1. The zero-order valence-electron chi connectivity index (χ0n) is 15.7. The summed E-state index contributed by atoms with van der Waals surface area (Å²) >= 11 is 6.05. The van der Waals surface area contributed by atoms with Crippen LogP contribution in [0, 0.1) is 12.8 Å². The maximum absolute atomic E-state index is 12.6. The first-order valence-electron chi connectivity index (χ1n) is 9.38. The Morgan fingerprint density at radius 3 is 2.75 bits per heavy atom. The van der Waals surface area contributed by atoms with Gasteiger partial charge in [0.2, 0.25) is 0 Å². The first kappa shape index (κ1) is 18.5. The molecule has 144 valence electrons. The highest BCUT2D eigenvalue weighted by Gasteiger charge is 2.24. The Morgan fingerprint density at radius 1 is 1.18 bits per heavy atom. The molecule has 1 amide bonds. The van der Waals surface area contributed by atoms with Crippen LogP contribution in [0.2, 0.25) is 5.02 Å². The van der Waals surface area contributed by atoms with E-state index in [2.05, 4.69) is 44.8 Å². The number of para-hydroxylation sites is 1. The quantitative estimate of drug-likeness (QED) is 0.718. The summed E-state index contributed by atoms with van der Waals surface area (Å²) in [5.74, 6) is 0.233. The fourth-order valence-corrected chi connectivity index (χ4v) is 3.77. The van der Waals surface area contributed by atoms with Crippen molar-refractivity contribution in [2.45, 2.75) is 13.3 Å². The van der Waals surface area contributed by atoms with E-state index in [0.717, 1.165) is 25.2 Å². The molecule has 0 radical (unpaired) electrons. The highest BCUT2D eigenvalue weighted by Crippen LogP contribution is 2.23. The van der Waals surface area contributed by atoms with E-state index in [0.29, 0.717) is 28.9 Å². The number of benzene rings is 2. The maximum atomic E-state index is 12.6. The molecule has 0 spiro atoms. The summed E-state index contributed by atoms with van der Waals surface area (Å²) in [6, 6.07) is 17.7. The van der Waals surface area contributed by atoms with Crippen LogP contribution in [-0.4, -0.2) is 40.5 Å². The molecular weight excluding hydrogens is 374 g/mol. The van der Waals surface area contributed by atoms with Crippen molar-refractivity contribution in [1.82, 2.24) is 20.3 Å². The number of carbonyl (C=O) groups excluding carboxylic acids is 1. The first-order valence-corrected chi connectivity index (χ1v) is 9.76. The fraction of sp³-hybridized carbons (Fsp3) is 0.286. The van der Waals surface area contributed by atoms with Gasteiger partial charge in [0.25, 0.3) is 5.91 Å². The normalized spacial score (nSPS) is 16.4. The van der Waals surface area contributed by atoms with Crippen LogP contribution in [0.5, 0.6) is 0 Å². The Balaban J connectivity index is 1.37. The van der Waals surface area contributed by atoms with Crippen molar-refractivity contribution in [3.63, 3.8) is 0 Å². The second-order valence-corrected chi connectivity index (χ2v) is 7.50. The average molecular weight is 396 g/mol. The van der Waals surface area contributed by atoms with Gasteiger partial charge >= 0.3 is 0 Å². The lowest BCUT2D eigenvalue weighted by Gasteiger charge is -2.18. The van der Waals surface area contributed by atoms with Crippen LogP contribution in [-0.2, 0) is 0 Å². The Labute approximate surface area is 169 Å². The fourth-order valence-electron chi connectivity index (χ4n) is 3.59. The molecule has 6 nitrogen and oxygen atoms in total. The molecule has 3 aromatic rings. The van der Waals surface area contributed by atoms with E-state index in [9.17, 15) is 4.79 Å². The lowest BCUT2D eigenvalue weighted by molar-refractivity contribution is 0.0942. The molecule has 7 heteroatoms. The molecule has 1 aromatic heterocycles. The molecule has 28 heavy (non-hydrogen) atoms. The Kier molecular flexibility index (Phi) is 5.30. The van der Waals surface area contributed by atoms with Gasteiger partial charge in [-0.3, -0.25) is 4.79 Å². The number of aromatic nitrogens is 3. The third kappa shape index (κ3) is 3.87. The van der Waals surface area contributed by atoms with E-state index in [-0.39, 0.29) is 5.91 Å². The van der Waals surface area contributed by atoms with E-state index in [1.165, 1.54) is 5.69 Å². The number of amides is 1. The van der Waals surface area contributed by atoms with Crippen molar-refractivity contribution in [3.05, 3.63) is 71.0 Å².